The summed E-state index contributed by atoms with van der Waals surface area (Å²) in [6.45, 7) is 5.66. The number of hydrogen-bond donors (Lipinski definition) is 2. The molecule has 0 bridgehead atoms. The molecule has 2 N–H and O–H groups in total. The molecule has 8 nitrogen and oxygen atoms in total. The van der Waals surface area contributed by atoms with E-state index in [1.807, 2.05) is 37.4 Å². The molecular formula is C36H42F5N5O3. The van der Waals surface area contributed by atoms with Crippen LogP contribution in [0, 0.1) is 12.3 Å². The number of halogens is 5. The molecule has 2 saturated heterocycles. The average molecular weight is 688 g/mol. The second-order valence-corrected chi connectivity index (χ2v) is 13.7. The number of aromatic nitrogens is 1. The molecule has 3 heterocycles. The molecule has 2 aliphatic heterocycles. The zero-order valence-corrected chi connectivity index (χ0v) is 27.5. The van der Waals surface area contributed by atoms with E-state index < -0.39 is 55.3 Å². The van der Waals surface area contributed by atoms with Gasteiger partial charge in [-0.3, -0.25) is 24.5 Å². The number of pyridine rings is 1. The molecule has 1 aliphatic carbocycles. The lowest BCUT2D eigenvalue weighted by atomic mass is 9.76. The Morgan fingerprint density at radius 3 is 2.27 bits per heavy atom. The van der Waals surface area contributed by atoms with Crippen molar-refractivity contribution in [2.75, 3.05) is 45.8 Å². The Bertz CT molecular complexity index is 1660. The van der Waals surface area contributed by atoms with Crippen molar-refractivity contribution in [2.24, 2.45) is 5.41 Å². The van der Waals surface area contributed by atoms with Crippen molar-refractivity contribution in [1.29, 1.82) is 0 Å². The standard InChI is InChI=1S/C36H42F5N5O3/c1-23-18-24(21-45-14-16-46(17-15-45)26-8-9-26)20-42-32(23)29-7-3-5-27-25(4-2-6-28(27)29)19-30(33(47)48)43-34(49)35(36(39,40)41)10-12-44(13-11-35)22-31(37)38/h2-7,18,20,26,30-31H,8-17,19,21-22H2,1H3,(H,43,49)(H,47,48)/t30-/m0/s1. The number of carboxylic acid groups (broad SMARTS) is 1. The van der Waals surface area contributed by atoms with Crippen LogP contribution in [0.4, 0.5) is 22.0 Å². The van der Waals surface area contributed by atoms with Crippen LogP contribution in [-0.2, 0) is 22.6 Å². The lowest BCUT2D eigenvalue weighted by Crippen LogP contribution is -2.59. The zero-order chi connectivity index (χ0) is 34.9. The fraction of sp³-hybridized carbons (Fsp3) is 0.528. The van der Waals surface area contributed by atoms with Gasteiger partial charge in [-0.1, -0.05) is 42.5 Å². The number of alkyl halides is 5. The van der Waals surface area contributed by atoms with Crippen LogP contribution in [0.25, 0.3) is 22.0 Å². The maximum atomic E-state index is 14.4. The third kappa shape index (κ3) is 7.73. The number of likely N-dealkylation sites (tertiary alicyclic amines) is 1. The number of aliphatic carboxylic acids is 1. The molecule has 0 spiro atoms. The Morgan fingerprint density at radius 1 is 0.980 bits per heavy atom. The number of aryl methyl sites for hydroxylation is 1. The van der Waals surface area contributed by atoms with Crippen LogP contribution in [0.15, 0.2) is 48.7 Å². The van der Waals surface area contributed by atoms with Crippen molar-refractivity contribution in [3.63, 3.8) is 0 Å². The molecule has 2 aromatic carbocycles. The molecule has 3 aliphatic rings. The number of fused-ring (bicyclic) bond motifs is 1. The van der Waals surface area contributed by atoms with E-state index >= 15 is 0 Å². The minimum absolute atomic E-state index is 0.257. The Balaban J connectivity index is 1.19. The molecule has 0 unspecified atom stereocenters. The molecule has 3 aromatic rings. The molecule has 6 rings (SSSR count). The first-order chi connectivity index (χ1) is 23.3. The Hall–Kier alpha value is -3.68. The lowest BCUT2D eigenvalue weighted by Gasteiger charge is -2.41. The van der Waals surface area contributed by atoms with E-state index in [-0.39, 0.29) is 19.5 Å². The highest BCUT2D eigenvalue weighted by molar-refractivity contribution is 5.98. The fourth-order valence-electron chi connectivity index (χ4n) is 7.41. The summed E-state index contributed by atoms with van der Waals surface area (Å²) in [5, 5.41) is 13.7. The molecule has 1 saturated carbocycles. The highest BCUT2D eigenvalue weighted by atomic mass is 19.4. The van der Waals surface area contributed by atoms with Crippen molar-refractivity contribution in [3.05, 3.63) is 65.4 Å². The molecule has 1 atom stereocenters. The second-order valence-electron chi connectivity index (χ2n) is 13.7. The highest BCUT2D eigenvalue weighted by Gasteiger charge is 2.61. The molecule has 1 amide bonds. The third-order valence-electron chi connectivity index (χ3n) is 10.4. The predicted octanol–water partition coefficient (Wildman–Crippen LogP) is 5.51. The van der Waals surface area contributed by atoms with Crippen molar-refractivity contribution >= 4 is 22.6 Å². The van der Waals surface area contributed by atoms with Crippen LogP contribution < -0.4 is 5.32 Å². The van der Waals surface area contributed by atoms with E-state index in [1.165, 1.54) is 17.7 Å². The number of benzene rings is 2. The molecule has 0 radical (unpaired) electrons. The van der Waals surface area contributed by atoms with Gasteiger partial charge in [-0.25, -0.2) is 13.6 Å². The van der Waals surface area contributed by atoms with Crippen LogP contribution in [0.1, 0.15) is 42.4 Å². The molecule has 3 fully saturated rings. The molecule has 13 heteroatoms. The highest BCUT2D eigenvalue weighted by Crippen LogP contribution is 2.47. The minimum Gasteiger partial charge on any atom is -0.480 e. The number of piperidine rings is 1. The number of nitrogens with one attached hydrogen (secondary N) is 1. The van der Waals surface area contributed by atoms with Crippen LogP contribution in [0.2, 0.25) is 0 Å². The number of carboxylic acids is 1. The van der Waals surface area contributed by atoms with Gasteiger partial charge >= 0.3 is 12.1 Å². The Kier molecular flexibility index (Phi) is 10.2. The van der Waals surface area contributed by atoms with E-state index in [0.717, 1.165) is 66.5 Å². The summed E-state index contributed by atoms with van der Waals surface area (Å²) in [6, 6.07) is 12.2. The summed E-state index contributed by atoms with van der Waals surface area (Å²) in [5.74, 6) is -2.93. The number of carbonyl (C=O) groups excluding carboxylic acids is 1. The van der Waals surface area contributed by atoms with Gasteiger partial charge in [-0.15, -0.1) is 0 Å². The number of nitrogens with zero attached hydrogens (tertiary/aromatic N) is 4. The van der Waals surface area contributed by atoms with Gasteiger partial charge in [0, 0.05) is 56.9 Å². The van der Waals surface area contributed by atoms with Crippen molar-refractivity contribution in [2.45, 2.75) is 70.3 Å². The summed E-state index contributed by atoms with van der Waals surface area (Å²) >= 11 is 0. The van der Waals surface area contributed by atoms with E-state index in [9.17, 15) is 36.6 Å². The number of amides is 1. The topological polar surface area (TPSA) is 89.0 Å². The number of hydrogen-bond acceptors (Lipinski definition) is 6. The van der Waals surface area contributed by atoms with E-state index in [2.05, 4.69) is 21.2 Å². The van der Waals surface area contributed by atoms with Gasteiger partial charge in [0.2, 0.25) is 5.91 Å². The number of rotatable bonds is 11. The average Bonchev–Trinajstić information content (AvgIpc) is 3.90. The first-order valence-corrected chi connectivity index (χ1v) is 16.9. The smallest absolute Gasteiger partial charge is 0.403 e. The van der Waals surface area contributed by atoms with Gasteiger partial charge in [0.05, 0.1) is 12.2 Å². The van der Waals surface area contributed by atoms with Gasteiger partial charge in [0.15, 0.2) is 0 Å². The summed E-state index contributed by atoms with van der Waals surface area (Å²) in [6.07, 6.45) is -4.91. The number of carbonyl (C=O) groups is 2. The lowest BCUT2D eigenvalue weighted by molar-refractivity contribution is -0.233. The first-order valence-electron chi connectivity index (χ1n) is 16.9. The SMILES string of the molecule is Cc1cc(CN2CCN(C3CC3)CC2)cnc1-c1cccc2c(C[C@H](NC(=O)C3(C(F)(F)F)CCN(CC(F)F)CC3)C(=O)O)cccc12. The Morgan fingerprint density at radius 2 is 1.65 bits per heavy atom. The maximum absolute atomic E-state index is 14.4. The van der Waals surface area contributed by atoms with E-state index in [0.29, 0.717) is 10.9 Å². The third-order valence-corrected chi connectivity index (χ3v) is 10.4. The van der Waals surface area contributed by atoms with Gasteiger partial charge in [0.1, 0.15) is 11.5 Å². The van der Waals surface area contributed by atoms with Gasteiger partial charge < -0.3 is 10.4 Å². The molecule has 1 aromatic heterocycles. The monoisotopic (exact) mass is 687 g/mol. The normalized spacial score (nSPS) is 20.1. The zero-order valence-electron chi connectivity index (χ0n) is 27.5. The van der Waals surface area contributed by atoms with Crippen LogP contribution in [0.3, 0.4) is 0 Å². The maximum Gasteiger partial charge on any atom is 0.403 e. The quantitative estimate of drug-likeness (QED) is 0.257. The minimum atomic E-state index is -4.99. The molecule has 264 valence electrons. The summed E-state index contributed by atoms with van der Waals surface area (Å²) in [7, 11) is 0. The predicted molar refractivity (Wildman–Crippen MR) is 175 cm³/mol. The van der Waals surface area contributed by atoms with Crippen LogP contribution in [-0.4, -0.2) is 107 Å². The second kappa shape index (κ2) is 14.3. The van der Waals surface area contributed by atoms with Crippen molar-refractivity contribution < 1.29 is 36.6 Å². The van der Waals surface area contributed by atoms with E-state index in [4.69, 9.17) is 4.98 Å². The molecule has 49 heavy (non-hydrogen) atoms. The first kappa shape index (κ1) is 35.2. The Labute approximate surface area is 282 Å². The fourth-order valence-corrected chi connectivity index (χ4v) is 7.41. The summed E-state index contributed by atoms with van der Waals surface area (Å²) in [4.78, 5) is 36.7. The van der Waals surface area contributed by atoms with Gasteiger partial charge in [-0.2, -0.15) is 13.2 Å². The van der Waals surface area contributed by atoms with Crippen molar-refractivity contribution in [3.8, 4) is 11.3 Å². The number of piperazine rings is 1. The summed E-state index contributed by atoms with van der Waals surface area (Å²) in [5.41, 5.74) is 1.39. The molecular weight excluding hydrogens is 645 g/mol. The van der Waals surface area contributed by atoms with Crippen LogP contribution >= 0.6 is 0 Å². The van der Waals surface area contributed by atoms with Gasteiger partial charge in [-0.05, 0) is 73.2 Å². The van der Waals surface area contributed by atoms with Crippen LogP contribution in [0.5, 0.6) is 0 Å². The van der Waals surface area contributed by atoms with Crippen molar-refractivity contribution in [1.82, 2.24) is 25.0 Å². The summed E-state index contributed by atoms with van der Waals surface area (Å²) < 4.78 is 68.8. The van der Waals surface area contributed by atoms with Gasteiger partial charge in [0.25, 0.3) is 6.43 Å². The van der Waals surface area contributed by atoms with E-state index in [1.54, 1.807) is 12.1 Å². The largest absolute Gasteiger partial charge is 0.480 e.